The Balaban J connectivity index is 2.40. The van der Waals surface area contributed by atoms with E-state index in [4.69, 9.17) is 0 Å². The highest BCUT2D eigenvalue weighted by molar-refractivity contribution is 7.78. The molecule has 0 N–H and O–H groups in total. The average Bonchev–Trinajstić information content (AvgIpc) is 2.48. The van der Waals surface area contributed by atoms with E-state index >= 15 is 0 Å². The zero-order valence-corrected chi connectivity index (χ0v) is 12.1. The molecule has 20 heavy (non-hydrogen) atoms. The van der Waals surface area contributed by atoms with Gasteiger partial charge in [-0.15, -0.1) is 0 Å². The van der Waals surface area contributed by atoms with Gasteiger partial charge in [-0.2, -0.15) is 9.98 Å². The number of benzene rings is 2. The fraction of sp³-hybridized carbons (Fsp3) is 0. The molecule has 0 heterocycles. The molecule has 0 radical (unpaired) electrons. The van der Waals surface area contributed by atoms with Gasteiger partial charge in [0.15, 0.2) is 0 Å². The normalized spacial score (nSPS) is 9.80. The van der Waals surface area contributed by atoms with Crippen molar-refractivity contribution < 1.29 is 0 Å². The van der Waals surface area contributed by atoms with Crippen LogP contribution >= 0.6 is 24.4 Å². The maximum Gasteiger partial charge on any atom is 0.0811 e. The van der Waals surface area contributed by atoms with Crippen LogP contribution in [0.4, 0.5) is 11.4 Å². The van der Waals surface area contributed by atoms with E-state index in [9.17, 15) is 0 Å². The summed E-state index contributed by atoms with van der Waals surface area (Å²) >= 11 is 9.30. The summed E-state index contributed by atoms with van der Waals surface area (Å²) in [6.07, 6.45) is 3.92. The molecule has 0 aliphatic rings. The highest BCUT2D eigenvalue weighted by Gasteiger charge is 1.98. The molecule has 2 aromatic carbocycles. The summed E-state index contributed by atoms with van der Waals surface area (Å²) in [4.78, 5) is 8.08. The van der Waals surface area contributed by atoms with Crippen LogP contribution in [0.15, 0.2) is 58.5 Å². The fourth-order valence-corrected chi connectivity index (χ4v) is 1.94. The first-order chi connectivity index (χ1) is 9.85. The number of thiocarbonyl (C=S) groups is 2. The molecule has 96 valence electrons. The van der Waals surface area contributed by atoms with Crippen molar-refractivity contribution in [3.05, 3.63) is 59.7 Å². The van der Waals surface area contributed by atoms with Gasteiger partial charge in [0.1, 0.15) is 0 Å². The second-order valence-electron chi connectivity index (χ2n) is 3.86. The van der Waals surface area contributed by atoms with Gasteiger partial charge in [-0.25, -0.2) is 0 Å². The maximum absolute atomic E-state index is 4.65. The molecule has 0 saturated heterocycles. The van der Waals surface area contributed by atoms with Crippen LogP contribution < -0.4 is 0 Å². The van der Waals surface area contributed by atoms with Crippen molar-refractivity contribution in [3.63, 3.8) is 0 Å². The molecule has 0 aromatic heterocycles. The second-order valence-corrected chi connectivity index (χ2v) is 4.22. The van der Waals surface area contributed by atoms with Crippen molar-refractivity contribution in [2.24, 2.45) is 9.98 Å². The lowest BCUT2D eigenvalue weighted by Gasteiger charge is -2.00. The molecule has 2 nitrogen and oxygen atoms in total. The monoisotopic (exact) mass is 294 g/mol. The van der Waals surface area contributed by atoms with Gasteiger partial charge in [0.2, 0.25) is 0 Å². The molecule has 0 saturated carbocycles. The Morgan fingerprint density at radius 1 is 0.700 bits per heavy atom. The van der Waals surface area contributed by atoms with Gasteiger partial charge < -0.3 is 0 Å². The van der Waals surface area contributed by atoms with Gasteiger partial charge in [0, 0.05) is 11.1 Å². The van der Waals surface area contributed by atoms with Crippen LogP contribution in [-0.2, 0) is 0 Å². The molecule has 0 unspecified atom stereocenters. The summed E-state index contributed by atoms with van der Waals surface area (Å²) in [6, 6.07) is 15.4. The van der Waals surface area contributed by atoms with Crippen LogP contribution in [-0.4, -0.2) is 10.3 Å². The van der Waals surface area contributed by atoms with Crippen molar-refractivity contribution in [1.29, 1.82) is 0 Å². The molecule has 0 fully saturated rings. The zero-order valence-electron chi connectivity index (χ0n) is 10.5. The standard InChI is InChI=1S/C16H10N2S2/c19-11-17-15-7-3-1-5-13(15)9-10-14-6-2-4-8-16(14)18-12-20/h1-10H/b10-9+. The van der Waals surface area contributed by atoms with E-state index in [-0.39, 0.29) is 0 Å². The first-order valence-corrected chi connectivity index (χ1v) is 6.68. The van der Waals surface area contributed by atoms with Crippen LogP contribution in [0.3, 0.4) is 0 Å². The number of para-hydroxylation sites is 2. The SMILES string of the molecule is S=C=Nc1ccccc1/C=C/c1ccccc1N=C=S. The lowest BCUT2D eigenvalue weighted by Crippen LogP contribution is -1.76. The molecule has 0 amide bonds. The number of hydrogen-bond acceptors (Lipinski definition) is 4. The Bertz CT molecular complexity index is 674. The van der Waals surface area contributed by atoms with E-state index < -0.39 is 0 Å². The van der Waals surface area contributed by atoms with Crippen molar-refractivity contribution in [3.8, 4) is 0 Å². The quantitative estimate of drug-likeness (QED) is 0.433. The first-order valence-electron chi connectivity index (χ1n) is 5.87. The number of nitrogens with zero attached hydrogens (tertiary/aromatic N) is 2. The third-order valence-corrected chi connectivity index (χ3v) is 2.83. The Labute approximate surface area is 128 Å². The smallest absolute Gasteiger partial charge is 0.0811 e. The highest BCUT2D eigenvalue weighted by Crippen LogP contribution is 2.24. The van der Waals surface area contributed by atoms with Crippen LogP contribution in [0.5, 0.6) is 0 Å². The summed E-state index contributed by atoms with van der Waals surface area (Å²) < 4.78 is 0. The van der Waals surface area contributed by atoms with Crippen molar-refractivity contribution >= 4 is 58.3 Å². The van der Waals surface area contributed by atoms with E-state index in [0.29, 0.717) is 0 Å². The van der Waals surface area contributed by atoms with Gasteiger partial charge in [-0.3, -0.25) is 0 Å². The Hall–Kier alpha value is -2.22. The number of hydrogen-bond donors (Lipinski definition) is 0. The van der Waals surface area contributed by atoms with E-state index in [0.717, 1.165) is 22.5 Å². The fourth-order valence-electron chi connectivity index (χ4n) is 1.74. The van der Waals surface area contributed by atoms with Crippen molar-refractivity contribution in [2.45, 2.75) is 0 Å². The van der Waals surface area contributed by atoms with Crippen LogP contribution in [0.1, 0.15) is 11.1 Å². The topological polar surface area (TPSA) is 24.7 Å². The molecule has 0 aliphatic heterocycles. The summed E-state index contributed by atoms with van der Waals surface area (Å²) in [6.45, 7) is 0. The van der Waals surface area contributed by atoms with Crippen LogP contribution in [0.2, 0.25) is 0 Å². The average molecular weight is 294 g/mol. The molecule has 2 rings (SSSR count). The summed E-state index contributed by atoms with van der Waals surface area (Å²) in [5.41, 5.74) is 3.50. The molecule has 0 aliphatic carbocycles. The third-order valence-electron chi connectivity index (χ3n) is 2.65. The second kappa shape index (κ2) is 7.39. The molecular formula is C16H10N2S2. The summed E-state index contributed by atoms with van der Waals surface area (Å²) in [7, 11) is 0. The lowest BCUT2D eigenvalue weighted by atomic mass is 10.1. The van der Waals surface area contributed by atoms with Crippen LogP contribution in [0.25, 0.3) is 12.2 Å². The number of aliphatic imine (C=N–C) groups is 2. The number of rotatable bonds is 4. The van der Waals surface area contributed by atoms with E-state index in [1.54, 1.807) is 0 Å². The highest BCUT2D eigenvalue weighted by atomic mass is 32.1. The van der Waals surface area contributed by atoms with Crippen molar-refractivity contribution in [2.75, 3.05) is 0 Å². The third kappa shape index (κ3) is 3.64. The van der Waals surface area contributed by atoms with E-state index in [1.165, 1.54) is 0 Å². The first kappa shape index (κ1) is 14.2. The largest absolute Gasteiger partial charge is 0.194 e. The Kier molecular flexibility index (Phi) is 5.24. The Morgan fingerprint density at radius 3 is 1.50 bits per heavy atom. The minimum absolute atomic E-state index is 0.787. The van der Waals surface area contributed by atoms with Gasteiger partial charge in [-0.1, -0.05) is 48.6 Å². The van der Waals surface area contributed by atoms with Gasteiger partial charge in [0.05, 0.1) is 21.7 Å². The summed E-state index contributed by atoms with van der Waals surface area (Å²) in [5, 5.41) is 4.77. The summed E-state index contributed by atoms with van der Waals surface area (Å²) in [5.74, 6) is 0. The van der Waals surface area contributed by atoms with Gasteiger partial charge in [-0.05, 0) is 36.6 Å². The molecule has 4 heteroatoms. The Morgan fingerprint density at radius 2 is 1.10 bits per heavy atom. The van der Waals surface area contributed by atoms with E-state index in [1.807, 2.05) is 60.7 Å². The lowest BCUT2D eigenvalue weighted by molar-refractivity contribution is 1.51. The van der Waals surface area contributed by atoms with Gasteiger partial charge >= 0.3 is 0 Å². The van der Waals surface area contributed by atoms with Crippen LogP contribution in [0, 0.1) is 0 Å². The molecule has 0 atom stereocenters. The predicted molar refractivity (Wildman–Crippen MR) is 91.2 cm³/mol. The molecular weight excluding hydrogens is 284 g/mol. The predicted octanol–water partition coefficient (Wildman–Crippen LogP) is 5.33. The molecule has 2 aromatic rings. The molecule has 0 bridgehead atoms. The number of isothiocyanates is 2. The van der Waals surface area contributed by atoms with Gasteiger partial charge in [0.25, 0.3) is 0 Å². The minimum atomic E-state index is 0.787. The van der Waals surface area contributed by atoms with E-state index in [2.05, 4.69) is 44.7 Å². The minimum Gasteiger partial charge on any atom is -0.194 e. The van der Waals surface area contributed by atoms with Crippen molar-refractivity contribution in [1.82, 2.24) is 0 Å². The maximum atomic E-state index is 4.65. The molecule has 0 spiro atoms. The zero-order chi connectivity index (χ0) is 14.2.